The summed E-state index contributed by atoms with van der Waals surface area (Å²) in [6, 6.07) is 26.3. The number of fused-ring (bicyclic) bond motifs is 6. The SMILES string of the molecule is [C-]#[N+]/C=C1\c2cc(-c3ccc(C)cc3)ccc2-c2nc3c(nc21)-c1ccc(-c2ccc(C(F)(F)F)cc2)cc1/C3=C(\C#N)[N+]#[C-]. The summed E-state index contributed by atoms with van der Waals surface area (Å²) >= 11 is 0. The maximum absolute atomic E-state index is 13.2. The number of benzene rings is 4. The number of allylic oxidation sites excluding steroid dienone is 1. The third-order valence-corrected chi connectivity index (χ3v) is 8.08. The largest absolute Gasteiger partial charge is 0.416 e. The van der Waals surface area contributed by atoms with Crippen LogP contribution in [0.1, 0.15) is 33.6 Å². The van der Waals surface area contributed by atoms with Crippen molar-refractivity contribution in [1.82, 2.24) is 9.97 Å². The molecule has 5 aromatic rings. The molecule has 0 bridgehead atoms. The maximum Gasteiger partial charge on any atom is 0.416 e. The standard InChI is InChI=1S/C37H18F3N5/c1-20-4-6-21(7-5-20)23-10-14-26-28(16-23)30(19-42-2)35-33(26)45-36-32(31(18-41)43-3)29-17-24(11-15-27(29)34(36)44-35)22-8-12-25(13-9-22)37(38,39)40/h4-17,19H,1H3/b30-19+,32-31-. The molecule has 5 nitrogen and oxygen atoms in total. The molecule has 2 aliphatic carbocycles. The van der Waals surface area contributed by atoms with Crippen molar-refractivity contribution in [3.05, 3.63) is 153 Å². The first-order valence-electron chi connectivity index (χ1n) is 13.8. The lowest BCUT2D eigenvalue weighted by atomic mass is 9.97. The minimum atomic E-state index is -4.45. The van der Waals surface area contributed by atoms with E-state index in [4.69, 9.17) is 23.1 Å². The molecule has 0 fully saturated rings. The lowest BCUT2D eigenvalue weighted by Crippen LogP contribution is -2.03. The van der Waals surface area contributed by atoms with Crippen LogP contribution in [0.25, 0.3) is 65.6 Å². The first-order valence-corrected chi connectivity index (χ1v) is 13.8. The van der Waals surface area contributed by atoms with E-state index in [-0.39, 0.29) is 5.70 Å². The van der Waals surface area contributed by atoms with Crippen molar-refractivity contribution in [3.63, 3.8) is 0 Å². The van der Waals surface area contributed by atoms with Gasteiger partial charge in [0.1, 0.15) is 0 Å². The fraction of sp³-hybridized carbons (Fsp3) is 0.0541. The van der Waals surface area contributed by atoms with Gasteiger partial charge in [0.2, 0.25) is 0 Å². The second-order valence-corrected chi connectivity index (χ2v) is 10.7. The van der Waals surface area contributed by atoms with E-state index in [2.05, 4.69) is 9.69 Å². The first-order chi connectivity index (χ1) is 21.7. The van der Waals surface area contributed by atoms with Gasteiger partial charge in [-0.3, -0.25) is 0 Å². The molecule has 0 aliphatic heterocycles. The molecule has 0 atom stereocenters. The Bertz CT molecular complexity index is 2260. The fourth-order valence-electron chi connectivity index (χ4n) is 5.89. The zero-order valence-corrected chi connectivity index (χ0v) is 23.5. The molecule has 45 heavy (non-hydrogen) atoms. The quantitative estimate of drug-likeness (QED) is 0.149. The second-order valence-electron chi connectivity index (χ2n) is 10.7. The Labute approximate surface area is 256 Å². The van der Waals surface area contributed by atoms with Crippen molar-refractivity contribution in [2.24, 2.45) is 0 Å². The molecule has 8 heteroatoms. The summed E-state index contributed by atoms with van der Waals surface area (Å²) in [5, 5.41) is 9.93. The second kappa shape index (κ2) is 10.2. The zero-order valence-electron chi connectivity index (χ0n) is 23.5. The van der Waals surface area contributed by atoms with E-state index in [1.165, 1.54) is 18.3 Å². The lowest BCUT2D eigenvalue weighted by molar-refractivity contribution is -0.137. The number of hydrogen-bond donors (Lipinski definition) is 0. The highest BCUT2D eigenvalue weighted by molar-refractivity contribution is 6.06. The molecule has 1 heterocycles. The average Bonchev–Trinajstić information content (AvgIpc) is 3.52. The summed E-state index contributed by atoms with van der Waals surface area (Å²) in [5.74, 6) is 0. The van der Waals surface area contributed by atoms with E-state index in [1.54, 1.807) is 18.2 Å². The predicted octanol–water partition coefficient (Wildman–Crippen LogP) is 9.61. The molecule has 0 radical (unpaired) electrons. The van der Waals surface area contributed by atoms with Crippen molar-refractivity contribution in [2.75, 3.05) is 0 Å². The fourth-order valence-corrected chi connectivity index (χ4v) is 5.89. The Balaban J connectivity index is 1.40. The summed E-state index contributed by atoms with van der Waals surface area (Å²) in [4.78, 5) is 17.0. The molecular weight excluding hydrogens is 571 g/mol. The van der Waals surface area contributed by atoms with Crippen LogP contribution in [0.4, 0.5) is 13.2 Å². The molecule has 0 saturated carbocycles. The van der Waals surface area contributed by atoms with Crippen LogP contribution in [0.2, 0.25) is 0 Å². The van der Waals surface area contributed by atoms with Gasteiger partial charge in [-0.05, 0) is 64.6 Å². The maximum atomic E-state index is 13.2. The minimum Gasteiger partial charge on any atom is -0.245 e. The van der Waals surface area contributed by atoms with E-state index in [1.807, 2.05) is 55.5 Å². The van der Waals surface area contributed by atoms with Crippen LogP contribution >= 0.6 is 0 Å². The molecule has 212 valence electrons. The molecule has 0 N–H and O–H groups in total. The third-order valence-electron chi connectivity index (χ3n) is 8.08. The zero-order chi connectivity index (χ0) is 31.5. The van der Waals surface area contributed by atoms with Crippen molar-refractivity contribution in [2.45, 2.75) is 13.1 Å². The van der Waals surface area contributed by atoms with Crippen LogP contribution in [0.5, 0.6) is 0 Å². The smallest absolute Gasteiger partial charge is 0.245 e. The minimum absolute atomic E-state index is 0.168. The van der Waals surface area contributed by atoms with Crippen molar-refractivity contribution in [3.8, 4) is 50.8 Å². The van der Waals surface area contributed by atoms with Gasteiger partial charge in [0.15, 0.2) is 6.20 Å². The van der Waals surface area contributed by atoms with E-state index in [9.17, 15) is 18.4 Å². The van der Waals surface area contributed by atoms with Gasteiger partial charge in [-0.2, -0.15) is 13.2 Å². The number of halogens is 3. The molecule has 0 unspecified atom stereocenters. The van der Waals surface area contributed by atoms with E-state index in [0.717, 1.165) is 39.9 Å². The summed E-state index contributed by atoms with van der Waals surface area (Å²) in [6.45, 7) is 17.4. The summed E-state index contributed by atoms with van der Waals surface area (Å²) in [7, 11) is 0. The van der Waals surface area contributed by atoms with Gasteiger partial charge in [0.25, 0.3) is 5.70 Å². The van der Waals surface area contributed by atoms with Gasteiger partial charge >= 0.3 is 6.18 Å². The molecule has 0 saturated heterocycles. The van der Waals surface area contributed by atoms with Gasteiger partial charge in [-0.25, -0.2) is 24.9 Å². The molecule has 7 rings (SSSR count). The highest BCUT2D eigenvalue weighted by Gasteiger charge is 2.35. The van der Waals surface area contributed by atoms with Crippen molar-refractivity contribution >= 4 is 11.1 Å². The van der Waals surface area contributed by atoms with E-state index < -0.39 is 11.7 Å². The van der Waals surface area contributed by atoms with Gasteiger partial charge in [0, 0.05) is 22.3 Å². The van der Waals surface area contributed by atoms with Crippen LogP contribution in [-0.4, -0.2) is 9.97 Å². The summed E-state index contributed by atoms with van der Waals surface area (Å²) < 4.78 is 39.5. The van der Waals surface area contributed by atoms with Crippen molar-refractivity contribution in [1.29, 1.82) is 5.26 Å². The number of alkyl halides is 3. The highest BCUT2D eigenvalue weighted by Crippen LogP contribution is 2.50. The molecule has 4 aromatic carbocycles. The number of hydrogen-bond acceptors (Lipinski definition) is 3. The van der Waals surface area contributed by atoms with E-state index in [0.29, 0.717) is 56.2 Å². The van der Waals surface area contributed by atoms with Gasteiger partial charge in [-0.1, -0.05) is 66.2 Å². The van der Waals surface area contributed by atoms with E-state index >= 15 is 0 Å². The van der Waals surface area contributed by atoms with Gasteiger partial charge < -0.3 is 0 Å². The number of aromatic nitrogens is 2. The normalized spacial score (nSPS) is 14.5. The Kier molecular flexibility index (Phi) is 6.21. The van der Waals surface area contributed by atoms with Crippen LogP contribution in [0.3, 0.4) is 0 Å². The number of nitriles is 1. The Morgan fingerprint density at radius 3 is 1.82 bits per heavy atom. The monoisotopic (exact) mass is 589 g/mol. The highest BCUT2D eigenvalue weighted by atomic mass is 19.4. The lowest BCUT2D eigenvalue weighted by Gasteiger charge is -2.09. The molecule has 1 aromatic heterocycles. The molecule has 2 aliphatic rings. The van der Waals surface area contributed by atoms with Crippen molar-refractivity contribution < 1.29 is 13.2 Å². The Morgan fingerprint density at radius 2 is 1.24 bits per heavy atom. The van der Waals surface area contributed by atoms with Crippen LogP contribution in [0, 0.1) is 31.4 Å². The summed E-state index contributed by atoms with van der Waals surface area (Å²) in [5.41, 5.74) is 9.06. The molecule has 0 amide bonds. The van der Waals surface area contributed by atoms with Gasteiger partial charge in [-0.15, -0.1) is 0 Å². The average molecular weight is 590 g/mol. The van der Waals surface area contributed by atoms with Crippen LogP contribution in [-0.2, 0) is 6.18 Å². The Hall–Kier alpha value is -6.30. The first kappa shape index (κ1) is 27.5. The Morgan fingerprint density at radius 1 is 0.711 bits per heavy atom. The van der Waals surface area contributed by atoms with Crippen LogP contribution < -0.4 is 0 Å². The number of rotatable bonds is 2. The predicted molar refractivity (Wildman–Crippen MR) is 165 cm³/mol. The number of nitrogens with zero attached hydrogens (tertiary/aromatic N) is 5. The van der Waals surface area contributed by atoms with Gasteiger partial charge in [0.05, 0.1) is 47.6 Å². The topological polar surface area (TPSA) is 58.3 Å². The summed E-state index contributed by atoms with van der Waals surface area (Å²) in [6.07, 6.45) is -3.02. The molecular formula is C37H18F3N5. The number of aryl methyl sites for hydroxylation is 1. The van der Waals surface area contributed by atoms with Crippen LogP contribution in [0.15, 0.2) is 96.8 Å². The third kappa shape index (κ3) is 4.38. The molecule has 0 spiro atoms.